The van der Waals surface area contributed by atoms with E-state index in [4.69, 9.17) is 14.6 Å². The smallest absolute Gasteiger partial charge is 0.335 e. The van der Waals surface area contributed by atoms with Crippen molar-refractivity contribution < 1.29 is 24.2 Å². The molecular formula is C18H18N2O5. The summed E-state index contributed by atoms with van der Waals surface area (Å²) in [6.07, 6.45) is 2.02. The Hall–Kier alpha value is -3.09. The van der Waals surface area contributed by atoms with Gasteiger partial charge in [-0.15, -0.1) is 0 Å². The number of fused-ring (bicyclic) bond motifs is 1. The van der Waals surface area contributed by atoms with Gasteiger partial charge in [0, 0.05) is 19.3 Å². The van der Waals surface area contributed by atoms with Gasteiger partial charge in [0.15, 0.2) is 11.5 Å². The maximum absolute atomic E-state index is 12.7. The van der Waals surface area contributed by atoms with Crippen LogP contribution in [0.15, 0.2) is 30.5 Å². The second kappa shape index (κ2) is 6.80. The number of benzene rings is 1. The van der Waals surface area contributed by atoms with Crippen LogP contribution in [0.4, 0.5) is 0 Å². The lowest BCUT2D eigenvalue weighted by Gasteiger charge is -2.29. The van der Waals surface area contributed by atoms with Crippen LogP contribution in [0.1, 0.15) is 32.0 Å². The summed E-state index contributed by atoms with van der Waals surface area (Å²) in [4.78, 5) is 29.4. The molecule has 1 aliphatic heterocycles. The predicted octanol–water partition coefficient (Wildman–Crippen LogP) is 2.00. The van der Waals surface area contributed by atoms with Crippen molar-refractivity contribution in [2.75, 3.05) is 20.8 Å². The minimum absolute atomic E-state index is 0.0437. The van der Waals surface area contributed by atoms with Gasteiger partial charge in [0.25, 0.3) is 5.91 Å². The minimum atomic E-state index is -1.09. The van der Waals surface area contributed by atoms with Crippen molar-refractivity contribution in [3.8, 4) is 11.5 Å². The summed E-state index contributed by atoms with van der Waals surface area (Å²) in [7, 11) is 3.15. The fourth-order valence-electron chi connectivity index (χ4n) is 2.90. The molecule has 1 aromatic carbocycles. The molecular weight excluding hydrogens is 324 g/mol. The Bertz CT molecular complexity index is 834. The Kier molecular flexibility index (Phi) is 4.56. The van der Waals surface area contributed by atoms with Gasteiger partial charge < -0.3 is 19.5 Å². The van der Waals surface area contributed by atoms with Crippen molar-refractivity contribution in [2.24, 2.45) is 0 Å². The number of hydrogen-bond acceptors (Lipinski definition) is 5. The highest BCUT2D eigenvalue weighted by molar-refractivity contribution is 5.95. The average molecular weight is 342 g/mol. The van der Waals surface area contributed by atoms with Crippen LogP contribution < -0.4 is 9.47 Å². The monoisotopic (exact) mass is 342 g/mol. The third-order valence-electron chi connectivity index (χ3n) is 4.23. The standard InChI is InChI=1S/C18H18N2O5/c1-24-15-8-11-4-6-20(10-13(11)9-16(15)25-2)17(21)14-7-12(18(22)23)3-5-19-14/h3,5,7-9H,4,6,10H2,1-2H3,(H,22,23). The van der Waals surface area contributed by atoms with Gasteiger partial charge in [-0.2, -0.15) is 0 Å². The van der Waals surface area contributed by atoms with Gasteiger partial charge in [-0.3, -0.25) is 9.78 Å². The van der Waals surface area contributed by atoms with E-state index in [2.05, 4.69) is 4.98 Å². The Balaban J connectivity index is 1.86. The van der Waals surface area contributed by atoms with Gasteiger partial charge in [-0.1, -0.05) is 0 Å². The van der Waals surface area contributed by atoms with Gasteiger partial charge >= 0.3 is 5.97 Å². The second-order valence-electron chi connectivity index (χ2n) is 5.69. The average Bonchev–Trinajstić information content (AvgIpc) is 2.65. The number of nitrogens with zero attached hydrogens (tertiary/aromatic N) is 2. The number of hydrogen-bond donors (Lipinski definition) is 1. The molecule has 0 saturated carbocycles. The Morgan fingerprint density at radius 2 is 1.80 bits per heavy atom. The number of methoxy groups -OCH3 is 2. The zero-order valence-electron chi connectivity index (χ0n) is 14.0. The molecule has 0 atom stereocenters. The van der Waals surface area contributed by atoms with E-state index in [1.165, 1.54) is 18.3 Å². The molecule has 2 heterocycles. The van der Waals surface area contributed by atoms with Gasteiger partial charge in [0.2, 0.25) is 0 Å². The maximum Gasteiger partial charge on any atom is 0.335 e. The molecule has 0 spiro atoms. The number of carbonyl (C=O) groups is 2. The van der Waals surface area contributed by atoms with Crippen molar-refractivity contribution >= 4 is 11.9 Å². The van der Waals surface area contributed by atoms with Gasteiger partial charge in [0.05, 0.1) is 19.8 Å². The van der Waals surface area contributed by atoms with Crippen LogP contribution in [-0.4, -0.2) is 47.6 Å². The van der Waals surface area contributed by atoms with Gasteiger partial charge in [0.1, 0.15) is 5.69 Å². The number of carbonyl (C=O) groups excluding carboxylic acids is 1. The summed E-state index contributed by atoms with van der Waals surface area (Å²) in [6.45, 7) is 0.938. The number of rotatable bonds is 4. The number of aromatic carboxylic acids is 1. The molecule has 1 N–H and O–H groups in total. The number of aromatic nitrogens is 1. The fourth-order valence-corrected chi connectivity index (χ4v) is 2.90. The maximum atomic E-state index is 12.7. The predicted molar refractivity (Wildman–Crippen MR) is 89.2 cm³/mol. The summed E-state index contributed by atoms with van der Waals surface area (Å²) < 4.78 is 10.6. The van der Waals surface area contributed by atoms with Crippen molar-refractivity contribution in [1.29, 1.82) is 0 Å². The van der Waals surface area contributed by atoms with E-state index in [0.29, 0.717) is 31.0 Å². The van der Waals surface area contributed by atoms with Crippen LogP contribution in [0.25, 0.3) is 0 Å². The van der Waals surface area contributed by atoms with Crippen molar-refractivity contribution in [3.05, 3.63) is 52.8 Å². The van der Waals surface area contributed by atoms with E-state index in [9.17, 15) is 9.59 Å². The molecule has 0 unspecified atom stereocenters. The zero-order valence-corrected chi connectivity index (χ0v) is 14.0. The number of carboxylic acids is 1. The molecule has 130 valence electrons. The summed E-state index contributed by atoms with van der Waals surface area (Å²) in [5, 5.41) is 9.06. The van der Waals surface area contributed by atoms with E-state index >= 15 is 0 Å². The molecule has 2 aromatic rings. The molecule has 7 nitrogen and oxygen atoms in total. The number of pyridine rings is 1. The molecule has 25 heavy (non-hydrogen) atoms. The molecule has 0 aliphatic carbocycles. The Labute approximate surface area is 144 Å². The van der Waals surface area contributed by atoms with E-state index in [-0.39, 0.29) is 17.2 Å². The summed E-state index contributed by atoms with van der Waals surface area (Å²) in [5.74, 6) is -0.0980. The van der Waals surface area contributed by atoms with Gasteiger partial charge in [-0.05, 0) is 41.8 Å². The quantitative estimate of drug-likeness (QED) is 0.914. The molecule has 1 amide bonds. The van der Waals surface area contributed by atoms with Crippen molar-refractivity contribution in [2.45, 2.75) is 13.0 Å². The first-order valence-corrected chi connectivity index (χ1v) is 7.76. The van der Waals surface area contributed by atoms with Crippen LogP contribution in [-0.2, 0) is 13.0 Å². The summed E-state index contributed by atoms with van der Waals surface area (Å²) in [6, 6.07) is 6.46. The topological polar surface area (TPSA) is 89.0 Å². The number of ether oxygens (including phenoxy) is 2. The molecule has 0 bridgehead atoms. The largest absolute Gasteiger partial charge is 0.493 e. The highest BCUT2D eigenvalue weighted by atomic mass is 16.5. The first-order chi connectivity index (χ1) is 12.0. The number of carboxylic acid groups (broad SMARTS) is 1. The second-order valence-corrected chi connectivity index (χ2v) is 5.69. The lowest BCUT2D eigenvalue weighted by molar-refractivity contribution is 0.0696. The lowest BCUT2D eigenvalue weighted by atomic mass is 9.98. The van der Waals surface area contributed by atoms with E-state index < -0.39 is 5.97 Å². The highest BCUT2D eigenvalue weighted by Gasteiger charge is 2.25. The third kappa shape index (κ3) is 3.26. The van der Waals surface area contributed by atoms with E-state index in [1.54, 1.807) is 19.1 Å². The molecule has 0 fully saturated rings. The van der Waals surface area contributed by atoms with Crippen molar-refractivity contribution in [3.63, 3.8) is 0 Å². The summed E-state index contributed by atoms with van der Waals surface area (Å²) in [5.41, 5.74) is 2.26. The molecule has 7 heteroatoms. The van der Waals surface area contributed by atoms with Crippen LogP contribution in [0, 0.1) is 0 Å². The molecule has 1 aliphatic rings. The van der Waals surface area contributed by atoms with E-state index in [1.807, 2.05) is 12.1 Å². The Morgan fingerprint density at radius 3 is 2.44 bits per heavy atom. The normalized spacial score (nSPS) is 13.1. The first kappa shape index (κ1) is 16.8. The van der Waals surface area contributed by atoms with E-state index in [0.717, 1.165) is 11.1 Å². The highest BCUT2D eigenvalue weighted by Crippen LogP contribution is 2.33. The van der Waals surface area contributed by atoms with Crippen LogP contribution >= 0.6 is 0 Å². The third-order valence-corrected chi connectivity index (χ3v) is 4.23. The molecule has 3 rings (SSSR count). The fraction of sp³-hybridized carbons (Fsp3) is 0.278. The van der Waals surface area contributed by atoms with Crippen LogP contribution in [0.5, 0.6) is 11.5 Å². The first-order valence-electron chi connectivity index (χ1n) is 7.76. The molecule has 1 aromatic heterocycles. The zero-order chi connectivity index (χ0) is 18.0. The molecule has 0 radical (unpaired) electrons. The molecule has 0 saturated heterocycles. The van der Waals surface area contributed by atoms with Gasteiger partial charge in [-0.25, -0.2) is 4.79 Å². The lowest BCUT2D eigenvalue weighted by Crippen LogP contribution is -2.36. The van der Waals surface area contributed by atoms with Crippen molar-refractivity contribution in [1.82, 2.24) is 9.88 Å². The van der Waals surface area contributed by atoms with Crippen LogP contribution in [0.3, 0.4) is 0 Å². The van der Waals surface area contributed by atoms with Crippen LogP contribution in [0.2, 0.25) is 0 Å². The minimum Gasteiger partial charge on any atom is -0.493 e. The number of amides is 1. The SMILES string of the molecule is COc1cc2c(cc1OC)CN(C(=O)c1cc(C(=O)O)ccn1)CC2. The Morgan fingerprint density at radius 1 is 1.12 bits per heavy atom. The summed E-state index contributed by atoms with van der Waals surface area (Å²) >= 11 is 0.